The van der Waals surface area contributed by atoms with E-state index in [1.54, 1.807) is 0 Å². The number of hydrogen-bond acceptors (Lipinski definition) is 3. The number of ether oxygens (including phenoxy) is 1. The Hall–Kier alpha value is -1.39. The second-order valence-electron chi connectivity index (χ2n) is 6.97. The Morgan fingerprint density at radius 3 is 2.83 bits per heavy atom. The zero-order valence-electron chi connectivity index (χ0n) is 13.8. The molecule has 1 aliphatic carbocycles. The van der Waals surface area contributed by atoms with Gasteiger partial charge in [-0.3, -0.25) is 4.79 Å². The fourth-order valence-electron chi connectivity index (χ4n) is 3.97. The number of rotatable bonds is 6. The molecule has 0 radical (unpaired) electrons. The lowest BCUT2D eigenvalue weighted by atomic mass is 9.95. The van der Waals surface area contributed by atoms with Crippen molar-refractivity contribution >= 4 is 5.91 Å². The van der Waals surface area contributed by atoms with Gasteiger partial charge in [0, 0.05) is 24.9 Å². The highest BCUT2D eigenvalue weighted by Crippen LogP contribution is 2.33. The molecule has 1 amide bonds. The summed E-state index contributed by atoms with van der Waals surface area (Å²) in [6.07, 6.45) is 4.34. The predicted molar refractivity (Wildman–Crippen MR) is 90.7 cm³/mol. The van der Waals surface area contributed by atoms with Crippen molar-refractivity contribution in [1.82, 2.24) is 4.90 Å². The maximum atomic E-state index is 12.7. The second kappa shape index (κ2) is 7.93. The standard InChI is InChI=1S/C19H28N2O2/c20-11-17-7-4-8-18(17)19(22)21-10-9-16(12-21)14-23-13-15-5-2-1-3-6-15/h1-3,5-6,16-18H,4,7-14,20H2/t16?,17-,18-/m1/s1. The molecule has 1 aromatic rings. The second-order valence-corrected chi connectivity index (χ2v) is 6.97. The molecule has 0 bridgehead atoms. The van der Waals surface area contributed by atoms with Crippen LogP contribution in [0.25, 0.3) is 0 Å². The fourth-order valence-corrected chi connectivity index (χ4v) is 3.97. The van der Waals surface area contributed by atoms with Crippen LogP contribution in [0.4, 0.5) is 0 Å². The lowest BCUT2D eigenvalue weighted by Gasteiger charge is -2.24. The first kappa shape index (κ1) is 16.5. The van der Waals surface area contributed by atoms with Crippen LogP contribution in [0.3, 0.4) is 0 Å². The number of nitrogens with two attached hydrogens (primary N) is 1. The van der Waals surface area contributed by atoms with Gasteiger partial charge >= 0.3 is 0 Å². The molecule has 2 N–H and O–H groups in total. The molecular formula is C19H28N2O2. The molecule has 1 heterocycles. The Bertz CT molecular complexity index is 505. The first-order valence-corrected chi connectivity index (χ1v) is 8.88. The van der Waals surface area contributed by atoms with Crippen LogP contribution in [-0.4, -0.2) is 37.0 Å². The molecule has 1 aromatic carbocycles. The smallest absolute Gasteiger partial charge is 0.226 e. The summed E-state index contributed by atoms with van der Waals surface area (Å²) in [4.78, 5) is 14.7. The SMILES string of the molecule is NC[C@H]1CCC[C@H]1C(=O)N1CCC(COCc2ccccc2)C1. The monoisotopic (exact) mass is 316 g/mol. The van der Waals surface area contributed by atoms with E-state index in [1.165, 1.54) is 5.56 Å². The van der Waals surface area contributed by atoms with Crippen molar-refractivity contribution in [2.45, 2.75) is 32.3 Å². The van der Waals surface area contributed by atoms with Crippen molar-refractivity contribution in [3.63, 3.8) is 0 Å². The first-order chi connectivity index (χ1) is 11.3. The van der Waals surface area contributed by atoms with Crippen LogP contribution in [-0.2, 0) is 16.1 Å². The van der Waals surface area contributed by atoms with Gasteiger partial charge in [0.15, 0.2) is 0 Å². The third-order valence-corrected chi connectivity index (χ3v) is 5.34. The van der Waals surface area contributed by atoms with E-state index in [4.69, 9.17) is 10.5 Å². The molecular weight excluding hydrogens is 288 g/mol. The molecule has 0 aromatic heterocycles. The molecule has 2 aliphatic rings. The summed E-state index contributed by atoms with van der Waals surface area (Å²) < 4.78 is 5.84. The summed E-state index contributed by atoms with van der Waals surface area (Å²) in [6.45, 7) is 3.77. The van der Waals surface area contributed by atoms with Crippen LogP contribution in [0.1, 0.15) is 31.2 Å². The minimum absolute atomic E-state index is 0.170. The number of likely N-dealkylation sites (tertiary alicyclic amines) is 1. The van der Waals surface area contributed by atoms with Crippen LogP contribution in [0, 0.1) is 17.8 Å². The average Bonchev–Trinajstić information content (AvgIpc) is 3.24. The lowest BCUT2D eigenvalue weighted by Crippen LogP contribution is -2.38. The quantitative estimate of drug-likeness (QED) is 0.877. The summed E-state index contributed by atoms with van der Waals surface area (Å²) in [6, 6.07) is 10.2. The van der Waals surface area contributed by atoms with Gasteiger partial charge in [0.1, 0.15) is 0 Å². The maximum absolute atomic E-state index is 12.7. The summed E-state index contributed by atoms with van der Waals surface area (Å²) in [5.41, 5.74) is 7.02. The van der Waals surface area contributed by atoms with Gasteiger partial charge in [-0.15, -0.1) is 0 Å². The van der Waals surface area contributed by atoms with Crippen LogP contribution in [0.15, 0.2) is 30.3 Å². The van der Waals surface area contributed by atoms with Gasteiger partial charge in [-0.05, 0) is 37.3 Å². The van der Waals surface area contributed by atoms with Crippen molar-refractivity contribution in [3.8, 4) is 0 Å². The van der Waals surface area contributed by atoms with Gasteiger partial charge in [-0.2, -0.15) is 0 Å². The molecule has 23 heavy (non-hydrogen) atoms. The zero-order valence-corrected chi connectivity index (χ0v) is 13.8. The molecule has 1 unspecified atom stereocenters. The molecule has 126 valence electrons. The van der Waals surface area contributed by atoms with Crippen molar-refractivity contribution in [2.24, 2.45) is 23.5 Å². The van der Waals surface area contributed by atoms with E-state index >= 15 is 0 Å². The third-order valence-electron chi connectivity index (χ3n) is 5.34. The van der Waals surface area contributed by atoms with E-state index < -0.39 is 0 Å². The lowest BCUT2D eigenvalue weighted by molar-refractivity contribution is -0.135. The highest BCUT2D eigenvalue weighted by Gasteiger charge is 2.37. The summed E-state index contributed by atoms with van der Waals surface area (Å²) in [5.74, 6) is 1.38. The summed E-state index contributed by atoms with van der Waals surface area (Å²) in [5, 5.41) is 0. The molecule has 1 saturated carbocycles. The Labute approximate surface area is 139 Å². The van der Waals surface area contributed by atoms with Gasteiger partial charge in [0.2, 0.25) is 5.91 Å². The van der Waals surface area contributed by atoms with Crippen molar-refractivity contribution in [2.75, 3.05) is 26.2 Å². The number of nitrogens with zero attached hydrogens (tertiary/aromatic N) is 1. The fraction of sp³-hybridized carbons (Fsp3) is 0.632. The molecule has 4 heteroatoms. The summed E-state index contributed by atoms with van der Waals surface area (Å²) in [7, 11) is 0. The van der Waals surface area contributed by atoms with Crippen LogP contribution >= 0.6 is 0 Å². The van der Waals surface area contributed by atoms with Gasteiger partial charge < -0.3 is 15.4 Å². The number of hydrogen-bond donors (Lipinski definition) is 1. The van der Waals surface area contributed by atoms with E-state index in [0.717, 1.165) is 45.4 Å². The average molecular weight is 316 g/mol. The van der Waals surface area contributed by atoms with Gasteiger partial charge in [0.05, 0.1) is 13.2 Å². The van der Waals surface area contributed by atoms with E-state index in [1.807, 2.05) is 18.2 Å². The first-order valence-electron chi connectivity index (χ1n) is 8.88. The molecule has 3 rings (SSSR count). The van der Waals surface area contributed by atoms with E-state index in [2.05, 4.69) is 17.0 Å². The minimum atomic E-state index is 0.170. The van der Waals surface area contributed by atoms with Crippen LogP contribution < -0.4 is 5.73 Å². The number of carbonyl (C=O) groups excluding carboxylic acids is 1. The molecule has 1 aliphatic heterocycles. The van der Waals surface area contributed by atoms with E-state index in [0.29, 0.717) is 30.9 Å². The molecule has 0 spiro atoms. The highest BCUT2D eigenvalue weighted by molar-refractivity contribution is 5.79. The van der Waals surface area contributed by atoms with Gasteiger partial charge in [0.25, 0.3) is 0 Å². The maximum Gasteiger partial charge on any atom is 0.226 e. The number of benzene rings is 1. The zero-order chi connectivity index (χ0) is 16.1. The highest BCUT2D eigenvalue weighted by atomic mass is 16.5. The largest absolute Gasteiger partial charge is 0.376 e. The number of carbonyl (C=O) groups is 1. The van der Waals surface area contributed by atoms with Crippen molar-refractivity contribution in [1.29, 1.82) is 0 Å². The van der Waals surface area contributed by atoms with E-state index in [9.17, 15) is 4.79 Å². The molecule has 2 fully saturated rings. The minimum Gasteiger partial charge on any atom is -0.376 e. The van der Waals surface area contributed by atoms with Crippen molar-refractivity contribution < 1.29 is 9.53 Å². The Kier molecular flexibility index (Phi) is 5.68. The molecule has 1 saturated heterocycles. The van der Waals surface area contributed by atoms with Gasteiger partial charge in [-0.25, -0.2) is 0 Å². The van der Waals surface area contributed by atoms with Crippen molar-refractivity contribution in [3.05, 3.63) is 35.9 Å². The Balaban J connectivity index is 1.42. The van der Waals surface area contributed by atoms with E-state index in [-0.39, 0.29) is 5.92 Å². The topological polar surface area (TPSA) is 55.6 Å². The van der Waals surface area contributed by atoms with Crippen LogP contribution in [0.2, 0.25) is 0 Å². The van der Waals surface area contributed by atoms with Gasteiger partial charge in [-0.1, -0.05) is 36.8 Å². The molecule has 4 nitrogen and oxygen atoms in total. The Morgan fingerprint density at radius 2 is 2.04 bits per heavy atom. The predicted octanol–water partition coefficient (Wildman–Crippen LogP) is 2.43. The molecule has 3 atom stereocenters. The third kappa shape index (κ3) is 4.12. The number of amides is 1. The Morgan fingerprint density at radius 1 is 1.22 bits per heavy atom. The normalized spacial score (nSPS) is 27.5. The van der Waals surface area contributed by atoms with Crippen LogP contribution in [0.5, 0.6) is 0 Å². The summed E-state index contributed by atoms with van der Waals surface area (Å²) >= 11 is 0.